The third kappa shape index (κ3) is 12.4. The van der Waals surface area contributed by atoms with E-state index in [-0.39, 0.29) is 55.0 Å². The van der Waals surface area contributed by atoms with Crippen molar-refractivity contribution in [3.05, 3.63) is 65.2 Å². The van der Waals surface area contributed by atoms with Crippen molar-refractivity contribution in [1.29, 1.82) is 0 Å². The number of hydrogen-bond acceptors (Lipinski definition) is 6. The minimum atomic E-state index is -4.47. The van der Waals surface area contributed by atoms with E-state index in [0.29, 0.717) is 17.7 Å². The number of alkyl carbamates (subject to hydrolysis) is 1. The fraction of sp³-hybridized carbons (Fsp3) is 0.370. The van der Waals surface area contributed by atoms with Crippen molar-refractivity contribution in [3.8, 4) is 0 Å². The highest BCUT2D eigenvalue weighted by Gasteiger charge is 2.30. The summed E-state index contributed by atoms with van der Waals surface area (Å²) in [5, 5.41) is 15.5. The zero-order valence-corrected chi connectivity index (χ0v) is 23.0. The summed E-state index contributed by atoms with van der Waals surface area (Å²) in [6, 6.07) is 10.6. The van der Waals surface area contributed by atoms with Crippen LogP contribution < -0.4 is 27.4 Å². The number of amidine groups is 2. The SMILES string of the molecule is CC(C)(C)OC(=O)NCCNC(=O)CCCC(=O)Nc1cccc(/C(N)=N/N=C(\N)c2ccc(C(F)(F)F)cc2)c1. The number of nitrogens with one attached hydrogen (secondary N) is 3. The lowest BCUT2D eigenvalue weighted by atomic mass is 10.1. The van der Waals surface area contributed by atoms with Gasteiger partial charge < -0.3 is 32.2 Å². The third-order valence-corrected chi connectivity index (χ3v) is 5.14. The molecule has 41 heavy (non-hydrogen) atoms. The number of alkyl halides is 3. The Hall–Kier alpha value is -4.62. The average Bonchev–Trinajstić information content (AvgIpc) is 2.88. The Labute approximate surface area is 235 Å². The molecule has 11 nitrogen and oxygen atoms in total. The van der Waals surface area contributed by atoms with Crippen molar-refractivity contribution in [2.24, 2.45) is 21.7 Å². The number of benzene rings is 2. The van der Waals surface area contributed by atoms with Crippen molar-refractivity contribution < 1.29 is 32.3 Å². The van der Waals surface area contributed by atoms with Crippen LogP contribution in [-0.2, 0) is 20.5 Å². The van der Waals surface area contributed by atoms with Gasteiger partial charge in [0.05, 0.1) is 5.56 Å². The summed E-state index contributed by atoms with van der Waals surface area (Å²) in [7, 11) is 0. The van der Waals surface area contributed by atoms with E-state index >= 15 is 0 Å². The Morgan fingerprint density at radius 1 is 0.829 bits per heavy atom. The van der Waals surface area contributed by atoms with E-state index in [1.165, 1.54) is 12.1 Å². The van der Waals surface area contributed by atoms with Crippen LogP contribution in [-0.4, -0.2) is 48.3 Å². The highest BCUT2D eigenvalue weighted by atomic mass is 19.4. The van der Waals surface area contributed by atoms with Crippen molar-refractivity contribution in [2.75, 3.05) is 18.4 Å². The van der Waals surface area contributed by atoms with E-state index in [1.54, 1.807) is 45.0 Å². The molecule has 0 radical (unpaired) electrons. The summed E-state index contributed by atoms with van der Waals surface area (Å²) in [5.41, 5.74) is 11.4. The smallest absolute Gasteiger partial charge is 0.416 e. The molecule has 14 heteroatoms. The van der Waals surface area contributed by atoms with E-state index in [0.717, 1.165) is 12.1 Å². The predicted octanol–water partition coefficient (Wildman–Crippen LogP) is 3.48. The van der Waals surface area contributed by atoms with Crippen molar-refractivity contribution in [2.45, 2.75) is 51.8 Å². The summed E-state index contributed by atoms with van der Waals surface area (Å²) in [6.45, 7) is 5.66. The lowest BCUT2D eigenvalue weighted by Gasteiger charge is -2.19. The number of halogens is 3. The van der Waals surface area contributed by atoms with Gasteiger partial charge in [-0.05, 0) is 51.5 Å². The summed E-state index contributed by atoms with van der Waals surface area (Å²) in [5.74, 6) is -0.740. The van der Waals surface area contributed by atoms with Gasteiger partial charge in [0.2, 0.25) is 11.8 Å². The molecule has 0 aromatic heterocycles. The minimum absolute atomic E-state index is 0.0335. The minimum Gasteiger partial charge on any atom is -0.444 e. The van der Waals surface area contributed by atoms with Gasteiger partial charge in [0.1, 0.15) is 5.60 Å². The van der Waals surface area contributed by atoms with Gasteiger partial charge in [-0.3, -0.25) is 9.59 Å². The number of amides is 3. The number of ether oxygens (including phenoxy) is 1. The van der Waals surface area contributed by atoms with Gasteiger partial charge in [0, 0.05) is 42.7 Å². The number of nitrogens with zero attached hydrogens (tertiary/aromatic N) is 2. The van der Waals surface area contributed by atoms with Gasteiger partial charge >= 0.3 is 12.3 Å². The van der Waals surface area contributed by atoms with Gasteiger partial charge in [0.15, 0.2) is 11.7 Å². The second kappa shape index (κ2) is 14.7. The van der Waals surface area contributed by atoms with Crippen LogP contribution in [0.1, 0.15) is 56.7 Å². The Morgan fingerprint density at radius 2 is 1.41 bits per heavy atom. The quantitative estimate of drug-likeness (QED) is 0.118. The number of nitrogens with two attached hydrogens (primary N) is 2. The van der Waals surface area contributed by atoms with E-state index in [4.69, 9.17) is 16.2 Å². The summed E-state index contributed by atoms with van der Waals surface area (Å²) in [6.07, 6.45) is -4.52. The van der Waals surface area contributed by atoms with Crippen molar-refractivity contribution in [1.82, 2.24) is 10.6 Å². The average molecular weight is 578 g/mol. The van der Waals surface area contributed by atoms with Gasteiger partial charge in [0.25, 0.3) is 0 Å². The summed E-state index contributed by atoms with van der Waals surface area (Å²) in [4.78, 5) is 35.8. The zero-order chi connectivity index (χ0) is 30.6. The Morgan fingerprint density at radius 3 is 2.02 bits per heavy atom. The van der Waals surface area contributed by atoms with Crippen LogP contribution >= 0.6 is 0 Å². The molecule has 2 aromatic carbocycles. The lowest BCUT2D eigenvalue weighted by Crippen LogP contribution is -2.37. The molecule has 3 amide bonds. The van der Waals surface area contributed by atoms with E-state index < -0.39 is 23.4 Å². The van der Waals surface area contributed by atoms with Gasteiger partial charge in [-0.15, -0.1) is 10.2 Å². The molecule has 0 aliphatic carbocycles. The molecule has 2 aromatic rings. The largest absolute Gasteiger partial charge is 0.444 e. The molecule has 0 atom stereocenters. The molecule has 0 aliphatic heterocycles. The first-order valence-corrected chi connectivity index (χ1v) is 12.6. The number of anilines is 1. The first-order valence-electron chi connectivity index (χ1n) is 12.6. The topological polar surface area (TPSA) is 173 Å². The Kier molecular flexibility index (Phi) is 11.7. The molecule has 0 unspecified atom stereocenters. The number of rotatable bonds is 11. The standard InChI is InChI=1S/C27H34F3N7O4/c1-26(2,3)41-25(40)34-15-14-33-21(38)8-5-9-22(39)35-20-7-4-6-18(16-20)24(32)37-36-23(31)17-10-12-19(13-11-17)27(28,29)30/h4,6-7,10-13,16H,5,8-9,14-15H2,1-3H3,(H2,31,36)(H2,32,37)(H,33,38)(H,34,40)(H,35,39). The number of hydrogen-bond donors (Lipinski definition) is 5. The monoisotopic (exact) mass is 577 g/mol. The summed E-state index contributed by atoms with van der Waals surface area (Å²) < 4.78 is 43.3. The molecule has 0 saturated carbocycles. The van der Waals surface area contributed by atoms with Crippen LogP contribution in [0, 0.1) is 0 Å². The van der Waals surface area contributed by atoms with Crippen LogP contribution in [0.4, 0.5) is 23.7 Å². The molecule has 0 aliphatic rings. The van der Waals surface area contributed by atoms with Gasteiger partial charge in [-0.1, -0.05) is 24.3 Å². The molecule has 7 N–H and O–H groups in total. The molecule has 2 rings (SSSR count). The van der Waals surface area contributed by atoms with Crippen LogP contribution in [0.15, 0.2) is 58.7 Å². The fourth-order valence-electron chi connectivity index (χ4n) is 3.21. The van der Waals surface area contributed by atoms with E-state index in [2.05, 4.69) is 26.2 Å². The van der Waals surface area contributed by atoms with Gasteiger partial charge in [-0.2, -0.15) is 13.2 Å². The van der Waals surface area contributed by atoms with E-state index in [9.17, 15) is 27.6 Å². The zero-order valence-electron chi connectivity index (χ0n) is 23.0. The second-order valence-corrected chi connectivity index (χ2v) is 9.81. The fourth-order valence-corrected chi connectivity index (χ4v) is 3.21. The normalized spacial score (nSPS) is 12.4. The van der Waals surface area contributed by atoms with E-state index in [1.807, 2.05) is 0 Å². The Bertz CT molecular complexity index is 1270. The van der Waals surface area contributed by atoms with Gasteiger partial charge in [-0.25, -0.2) is 4.79 Å². The number of carbonyl (C=O) groups is 3. The van der Waals surface area contributed by atoms with Crippen LogP contribution in [0.3, 0.4) is 0 Å². The maximum Gasteiger partial charge on any atom is 0.416 e. The molecule has 0 saturated heterocycles. The van der Waals surface area contributed by atoms with Crippen LogP contribution in [0.5, 0.6) is 0 Å². The molecular weight excluding hydrogens is 543 g/mol. The Balaban J connectivity index is 1.80. The van der Waals surface area contributed by atoms with Crippen molar-refractivity contribution >= 4 is 35.3 Å². The van der Waals surface area contributed by atoms with Crippen LogP contribution in [0.2, 0.25) is 0 Å². The summed E-state index contributed by atoms with van der Waals surface area (Å²) >= 11 is 0. The molecule has 0 fully saturated rings. The third-order valence-electron chi connectivity index (χ3n) is 5.14. The highest BCUT2D eigenvalue weighted by molar-refractivity contribution is 6.01. The van der Waals surface area contributed by atoms with Crippen LogP contribution in [0.25, 0.3) is 0 Å². The maximum absolute atomic E-state index is 12.7. The molecule has 222 valence electrons. The lowest BCUT2D eigenvalue weighted by molar-refractivity contribution is -0.137. The first kappa shape index (κ1) is 32.6. The molecular formula is C27H34F3N7O4. The maximum atomic E-state index is 12.7. The molecule has 0 bridgehead atoms. The first-order chi connectivity index (χ1) is 19.1. The predicted molar refractivity (Wildman–Crippen MR) is 149 cm³/mol. The van der Waals surface area contributed by atoms with Crippen molar-refractivity contribution in [3.63, 3.8) is 0 Å². The number of carbonyl (C=O) groups excluding carboxylic acids is 3. The highest BCUT2D eigenvalue weighted by Crippen LogP contribution is 2.29. The second-order valence-electron chi connectivity index (χ2n) is 9.81. The molecule has 0 heterocycles. The molecule has 0 spiro atoms.